The third kappa shape index (κ3) is 3.37. The van der Waals surface area contributed by atoms with E-state index in [1.165, 1.54) is 34.5 Å². The van der Waals surface area contributed by atoms with Crippen molar-refractivity contribution in [1.82, 2.24) is 14.7 Å². The maximum atomic E-state index is 6.01. The third-order valence-electron chi connectivity index (χ3n) is 5.09. The molecule has 4 rings (SSSR count). The number of aromatic nitrogens is 2. The van der Waals surface area contributed by atoms with Crippen LogP contribution < -0.4 is 0 Å². The molecule has 0 aromatic carbocycles. The quantitative estimate of drug-likeness (QED) is 0.813. The summed E-state index contributed by atoms with van der Waals surface area (Å²) in [5.74, 6) is 1.28. The molecular weight excluding hydrogens is 306 g/mol. The highest BCUT2D eigenvalue weighted by atomic mass is 32.1. The van der Waals surface area contributed by atoms with Crippen LogP contribution in [-0.2, 0) is 24.9 Å². The van der Waals surface area contributed by atoms with Crippen molar-refractivity contribution in [2.45, 2.75) is 38.8 Å². The molecule has 124 valence electrons. The van der Waals surface area contributed by atoms with Gasteiger partial charge in [-0.15, -0.1) is 11.3 Å². The zero-order valence-corrected chi connectivity index (χ0v) is 14.8. The van der Waals surface area contributed by atoms with Gasteiger partial charge in [0.05, 0.1) is 18.5 Å². The van der Waals surface area contributed by atoms with Crippen molar-refractivity contribution in [3.63, 3.8) is 0 Å². The van der Waals surface area contributed by atoms with Gasteiger partial charge in [0.25, 0.3) is 0 Å². The van der Waals surface area contributed by atoms with Crippen LogP contribution in [0.1, 0.15) is 40.5 Å². The zero-order valence-electron chi connectivity index (χ0n) is 14.0. The molecule has 2 aliphatic rings. The van der Waals surface area contributed by atoms with Gasteiger partial charge in [0, 0.05) is 49.6 Å². The predicted octanol–water partition coefficient (Wildman–Crippen LogP) is 3.32. The summed E-state index contributed by atoms with van der Waals surface area (Å²) >= 11 is 1.87. The molecule has 1 saturated carbocycles. The van der Waals surface area contributed by atoms with Gasteiger partial charge in [-0.05, 0) is 42.7 Å². The molecule has 2 aromatic heterocycles. The highest BCUT2D eigenvalue weighted by molar-refractivity contribution is 7.10. The van der Waals surface area contributed by atoms with Gasteiger partial charge in [0.15, 0.2) is 0 Å². The number of ether oxygens (including phenoxy) is 1. The second kappa shape index (κ2) is 6.38. The number of hydrogen-bond donors (Lipinski definition) is 0. The van der Waals surface area contributed by atoms with E-state index >= 15 is 0 Å². The molecule has 0 spiro atoms. The minimum atomic E-state index is 0.450. The normalized spacial score (nSPS) is 21.6. The molecule has 2 aromatic rings. The van der Waals surface area contributed by atoms with Crippen LogP contribution in [0.4, 0.5) is 0 Å². The van der Waals surface area contributed by atoms with Crippen LogP contribution in [0.25, 0.3) is 0 Å². The number of nitrogens with zero attached hydrogens (tertiary/aromatic N) is 3. The fraction of sp³-hybridized carbons (Fsp3) is 0.611. The maximum Gasteiger partial charge on any atom is 0.0557 e. The van der Waals surface area contributed by atoms with Gasteiger partial charge in [-0.2, -0.15) is 5.10 Å². The first-order chi connectivity index (χ1) is 11.2. The summed E-state index contributed by atoms with van der Waals surface area (Å²) in [7, 11) is 2.06. The Morgan fingerprint density at radius 2 is 2.22 bits per heavy atom. The van der Waals surface area contributed by atoms with Gasteiger partial charge in [-0.1, -0.05) is 0 Å². The van der Waals surface area contributed by atoms with E-state index in [1.54, 1.807) is 0 Å². The molecule has 1 aliphatic carbocycles. The van der Waals surface area contributed by atoms with E-state index < -0.39 is 0 Å². The van der Waals surface area contributed by atoms with Crippen LogP contribution in [0.5, 0.6) is 0 Å². The minimum Gasteiger partial charge on any atom is -0.380 e. The lowest BCUT2D eigenvalue weighted by Crippen LogP contribution is -2.35. The number of hydrogen-bond acceptors (Lipinski definition) is 4. The molecule has 1 aliphatic heterocycles. The average Bonchev–Trinajstić information content (AvgIpc) is 3.17. The van der Waals surface area contributed by atoms with Crippen molar-refractivity contribution in [3.05, 3.63) is 39.3 Å². The topological polar surface area (TPSA) is 30.3 Å². The fourth-order valence-corrected chi connectivity index (χ4v) is 4.34. The van der Waals surface area contributed by atoms with Gasteiger partial charge in [-0.3, -0.25) is 9.58 Å². The SMILES string of the molecule is Cc1ccsc1CN1Cc2c(cnn2C)[C@H](COCC2CC2)C1. The Bertz CT molecular complexity index is 674. The highest BCUT2D eigenvalue weighted by Crippen LogP contribution is 2.32. The molecule has 0 N–H and O–H groups in total. The lowest BCUT2D eigenvalue weighted by molar-refractivity contribution is 0.0887. The Morgan fingerprint density at radius 3 is 2.96 bits per heavy atom. The Hall–Kier alpha value is -1.17. The van der Waals surface area contributed by atoms with E-state index in [9.17, 15) is 0 Å². The van der Waals surface area contributed by atoms with Crippen molar-refractivity contribution in [2.24, 2.45) is 13.0 Å². The van der Waals surface area contributed by atoms with Crippen molar-refractivity contribution in [2.75, 3.05) is 19.8 Å². The minimum absolute atomic E-state index is 0.450. The molecule has 4 nitrogen and oxygen atoms in total. The average molecular weight is 331 g/mol. The standard InChI is InChI=1S/C18H25N3OS/c1-13-5-6-23-18(13)10-21-8-15(12-22-11-14-3-4-14)16-7-19-20(2)17(16)9-21/h5-7,14-15H,3-4,8-12H2,1-2H3/t15-/m0/s1. The Labute approximate surface area is 142 Å². The van der Waals surface area contributed by atoms with E-state index in [0.29, 0.717) is 5.92 Å². The molecule has 0 bridgehead atoms. The van der Waals surface area contributed by atoms with E-state index in [1.807, 2.05) is 22.2 Å². The summed E-state index contributed by atoms with van der Waals surface area (Å²) in [5.41, 5.74) is 4.15. The Morgan fingerprint density at radius 1 is 1.35 bits per heavy atom. The van der Waals surface area contributed by atoms with Crippen molar-refractivity contribution < 1.29 is 4.74 Å². The number of aryl methyl sites for hydroxylation is 2. The predicted molar refractivity (Wildman–Crippen MR) is 92.7 cm³/mol. The van der Waals surface area contributed by atoms with Crippen LogP contribution in [0.15, 0.2) is 17.6 Å². The van der Waals surface area contributed by atoms with E-state index in [0.717, 1.165) is 38.8 Å². The number of fused-ring (bicyclic) bond motifs is 1. The Kier molecular flexibility index (Phi) is 4.26. The molecule has 3 heterocycles. The molecule has 0 radical (unpaired) electrons. The zero-order chi connectivity index (χ0) is 15.8. The maximum absolute atomic E-state index is 6.01. The van der Waals surface area contributed by atoms with Gasteiger partial charge in [0.1, 0.15) is 0 Å². The molecule has 0 unspecified atom stereocenters. The first kappa shape index (κ1) is 15.4. The summed E-state index contributed by atoms with van der Waals surface area (Å²) in [6.45, 7) is 7.07. The Balaban J connectivity index is 1.47. The van der Waals surface area contributed by atoms with Crippen LogP contribution >= 0.6 is 11.3 Å². The van der Waals surface area contributed by atoms with Crippen LogP contribution in [0.2, 0.25) is 0 Å². The lowest BCUT2D eigenvalue weighted by atomic mass is 9.95. The summed E-state index contributed by atoms with van der Waals surface area (Å²) in [6, 6.07) is 2.22. The van der Waals surface area contributed by atoms with Gasteiger partial charge in [0.2, 0.25) is 0 Å². The van der Waals surface area contributed by atoms with Crippen molar-refractivity contribution >= 4 is 11.3 Å². The monoisotopic (exact) mass is 331 g/mol. The van der Waals surface area contributed by atoms with Crippen LogP contribution in [0.3, 0.4) is 0 Å². The van der Waals surface area contributed by atoms with E-state index in [2.05, 4.69) is 35.4 Å². The molecule has 1 atom stereocenters. The van der Waals surface area contributed by atoms with Gasteiger partial charge in [-0.25, -0.2) is 0 Å². The van der Waals surface area contributed by atoms with Gasteiger partial charge < -0.3 is 4.74 Å². The van der Waals surface area contributed by atoms with Crippen LogP contribution in [-0.4, -0.2) is 34.4 Å². The fourth-order valence-electron chi connectivity index (χ4n) is 3.39. The van der Waals surface area contributed by atoms with Gasteiger partial charge >= 0.3 is 0 Å². The molecule has 1 fully saturated rings. The molecule has 5 heteroatoms. The summed E-state index contributed by atoms with van der Waals surface area (Å²) < 4.78 is 8.05. The largest absolute Gasteiger partial charge is 0.380 e. The second-order valence-electron chi connectivity index (χ2n) is 7.04. The van der Waals surface area contributed by atoms with Crippen molar-refractivity contribution in [1.29, 1.82) is 0 Å². The smallest absolute Gasteiger partial charge is 0.0557 e. The first-order valence-corrected chi connectivity index (χ1v) is 9.42. The lowest BCUT2D eigenvalue weighted by Gasteiger charge is -2.32. The molecular formula is C18H25N3OS. The highest BCUT2D eigenvalue weighted by Gasteiger charge is 2.29. The second-order valence-corrected chi connectivity index (χ2v) is 8.05. The van der Waals surface area contributed by atoms with E-state index in [-0.39, 0.29) is 0 Å². The van der Waals surface area contributed by atoms with Crippen LogP contribution in [0, 0.1) is 12.8 Å². The summed E-state index contributed by atoms with van der Waals surface area (Å²) in [5, 5.41) is 6.68. The molecule has 23 heavy (non-hydrogen) atoms. The molecule has 0 amide bonds. The third-order valence-corrected chi connectivity index (χ3v) is 6.10. The summed E-state index contributed by atoms with van der Waals surface area (Å²) in [4.78, 5) is 4.03. The summed E-state index contributed by atoms with van der Waals surface area (Å²) in [6.07, 6.45) is 4.76. The number of thiophene rings is 1. The molecule has 0 saturated heterocycles. The number of rotatable bonds is 6. The van der Waals surface area contributed by atoms with Crippen molar-refractivity contribution in [3.8, 4) is 0 Å². The van der Waals surface area contributed by atoms with E-state index in [4.69, 9.17) is 4.74 Å². The first-order valence-electron chi connectivity index (χ1n) is 8.54.